The fourth-order valence-electron chi connectivity index (χ4n) is 3.04. The van der Waals surface area contributed by atoms with Gasteiger partial charge in [0, 0.05) is 11.8 Å². The molecule has 0 saturated carbocycles. The smallest absolute Gasteiger partial charge is 0.307 e. The average molecular weight is 380 g/mol. The van der Waals surface area contributed by atoms with Crippen LogP contribution in [0.4, 0.5) is 10.1 Å². The van der Waals surface area contributed by atoms with Gasteiger partial charge in [-0.15, -0.1) is 0 Å². The fourth-order valence-corrected chi connectivity index (χ4v) is 3.04. The summed E-state index contributed by atoms with van der Waals surface area (Å²) < 4.78 is 19.9. The number of halogens is 1. The van der Waals surface area contributed by atoms with Crippen LogP contribution in [0.25, 0.3) is 0 Å². The van der Waals surface area contributed by atoms with E-state index in [1.54, 1.807) is 36.4 Å². The lowest BCUT2D eigenvalue weighted by atomic mass is 9.82. The Morgan fingerprint density at radius 1 is 1.11 bits per heavy atom. The molecule has 7 heteroatoms. The van der Waals surface area contributed by atoms with E-state index in [0.29, 0.717) is 6.42 Å². The van der Waals surface area contributed by atoms with Gasteiger partial charge in [-0.25, -0.2) is 4.39 Å². The molecule has 0 heterocycles. The monoisotopic (exact) mass is 380 g/mol. The van der Waals surface area contributed by atoms with Crippen molar-refractivity contribution in [3.05, 3.63) is 66.0 Å². The Labute approximate surface area is 160 Å². The molecule has 0 bridgehead atoms. The summed E-state index contributed by atoms with van der Waals surface area (Å²) in [5.74, 6) is -3.62. The topological polar surface area (TPSA) is 99.4 Å². The summed E-state index contributed by atoms with van der Waals surface area (Å²) in [5.41, 5.74) is 0.464. The lowest BCUT2D eigenvalue weighted by Crippen LogP contribution is -2.34. The zero-order chi connectivity index (χ0) is 20.1. The van der Waals surface area contributed by atoms with Crippen LogP contribution in [0.2, 0.25) is 0 Å². The molecule has 142 valence electrons. The van der Waals surface area contributed by atoms with Gasteiger partial charge in [0.05, 0.1) is 17.4 Å². The van der Waals surface area contributed by atoms with Crippen molar-refractivity contribution >= 4 is 17.6 Å². The standard InChI is InChI=1S/C21H17FN2O4/c22-17-11-14(24-20(25)15-6-2-3-7-16(15)21(26)27)9-10-19(17)28-18-8-4-1-5-13(18)12-23/h1-5,8-11,15-16H,6-7H2,(H,24,25)(H,26,27)/t15-,16-/m0/s1. The molecule has 2 N–H and O–H groups in total. The number of carbonyl (C=O) groups excluding carboxylic acids is 1. The van der Waals surface area contributed by atoms with Crippen molar-refractivity contribution in [3.63, 3.8) is 0 Å². The lowest BCUT2D eigenvalue weighted by Gasteiger charge is -2.24. The summed E-state index contributed by atoms with van der Waals surface area (Å²) in [5, 5.41) is 20.9. The predicted octanol–water partition coefficient (Wildman–Crippen LogP) is 4.10. The van der Waals surface area contributed by atoms with E-state index in [0.717, 1.165) is 6.07 Å². The molecule has 2 atom stereocenters. The number of anilines is 1. The molecular weight excluding hydrogens is 363 g/mol. The minimum absolute atomic E-state index is 0.0929. The van der Waals surface area contributed by atoms with E-state index in [9.17, 15) is 19.1 Å². The first-order valence-corrected chi connectivity index (χ1v) is 8.65. The number of aliphatic carboxylic acids is 1. The molecule has 0 radical (unpaired) electrons. The molecule has 1 aliphatic carbocycles. The van der Waals surface area contributed by atoms with Crippen LogP contribution < -0.4 is 10.1 Å². The van der Waals surface area contributed by atoms with Gasteiger partial charge in [0.2, 0.25) is 5.91 Å². The molecule has 0 unspecified atom stereocenters. The third-order valence-electron chi connectivity index (χ3n) is 4.51. The summed E-state index contributed by atoms with van der Waals surface area (Å²) >= 11 is 0. The van der Waals surface area contributed by atoms with Crippen LogP contribution in [0.1, 0.15) is 18.4 Å². The number of hydrogen-bond donors (Lipinski definition) is 2. The third-order valence-corrected chi connectivity index (χ3v) is 4.51. The Bertz CT molecular complexity index is 981. The zero-order valence-electron chi connectivity index (χ0n) is 14.8. The maximum atomic E-state index is 14.4. The van der Waals surface area contributed by atoms with E-state index in [1.807, 2.05) is 6.07 Å². The van der Waals surface area contributed by atoms with Crippen molar-refractivity contribution in [2.75, 3.05) is 5.32 Å². The van der Waals surface area contributed by atoms with Crippen LogP contribution in [0.3, 0.4) is 0 Å². The zero-order valence-corrected chi connectivity index (χ0v) is 14.8. The molecule has 0 aliphatic heterocycles. The molecular formula is C21H17FN2O4. The minimum Gasteiger partial charge on any atom is -0.481 e. The van der Waals surface area contributed by atoms with Gasteiger partial charge in [-0.3, -0.25) is 9.59 Å². The average Bonchev–Trinajstić information content (AvgIpc) is 2.70. The highest BCUT2D eigenvalue weighted by molar-refractivity contribution is 5.95. The van der Waals surface area contributed by atoms with E-state index >= 15 is 0 Å². The number of hydrogen-bond acceptors (Lipinski definition) is 4. The Morgan fingerprint density at radius 3 is 2.50 bits per heavy atom. The SMILES string of the molecule is N#Cc1ccccc1Oc1ccc(NC(=O)[C@H]2CC=CC[C@@H]2C(=O)O)cc1F. The molecule has 0 aromatic heterocycles. The minimum atomic E-state index is -1.03. The number of nitrogens with zero attached hydrogens (tertiary/aromatic N) is 1. The second kappa shape index (κ2) is 8.35. The number of carboxylic acid groups (broad SMARTS) is 1. The Hall–Kier alpha value is -3.66. The molecule has 1 aliphatic rings. The number of carboxylic acids is 1. The van der Waals surface area contributed by atoms with Gasteiger partial charge in [-0.05, 0) is 37.1 Å². The van der Waals surface area contributed by atoms with Crippen LogP contribution in [0.15, 0.2) is 54.6 Å². The number of para-hydroxylation sites is 1. The van der Waals surface area contributed by atoms with E-state index in [-0.39, 0.29) is 29.2 Å². The second-order valence-corrected chi connectivity index (χ2v) is 6.34. The number of ether oxygens (including phenoxy) is 1. The highest BCUT2D eigenvalue weighted by Crippen LogP contribution is 2.30. The van der Waals surface area contributed by atoms with Crippen molar-refractivity contribution in [1.29, 1.82) is 5.26 Å². The predicted molar refractivity (Wildman–Crippen MR) is 99.3 cm³/mol. The van der Waals surface area contributed by atoms with Crippen LogP contribution >= 0.6 is 0 Å². The number of allylic oxidation sites excluding steroid dienone is 2. The normalized spacial score (nSPS) is 18.1. The van der Waals surface area contributed by atoms with Gasteiger partial charge in [0.15, 0.2) is 11.6 Å². The molecule has 1 amide bonds. The van der Waals surface area contributed by atoms with Gasteiger partial charge in [0.1, 0.15) is 11.8 Å². The number of benzene rings is 2. The van der Waals surface area contributed by atoms with Crippen molar-refractivity contribution < 1.29 is 23.8 Å². The summed E-state index contributed by atoms with van der Waals surface area (Å²) in [6.07, 6.45) is 4.12. The van der Waals surface area contributed by atoms with Gasteiger partial charge < -0.3 is 15.2 Å². The van der Waals surface area contributed by atoms with Crippen LogP contribution in [0.5, 0.6) is 11.5 Å². The Balaban J connectivity index is 1.74. The van der Waals surface area contributed by atoms with Crippen LogP contribution in [0, 0.1) is 29.0 Å². The summed E-state index contributed by atoms with van der Waals surface area (Å²) in [6, 6.07) is 12.3. The largest absolute Gasteiger partial charge is 0.481 e. The molecule has 3 rings (SSSR count). The Morgan fingerprint density at radius 2 is 1.82 bits per heavy atom. The first kappa shape index (κ1) is 19.1. The van der Waals surface area contributed by atoms with Crippen molar-refractivity contribution in [2.45, 2.75) is 12.8 Å². The van der Waals surface area contributed by atoms with Crippen LogP contribution in [-0.4, -0.2) is 17.0 Å². The first-order valence-electron chi connectivity index (χ1n) is 8.65. The van der Waals surface area contributed by atoms with Gasteiger partial charge in [-0.1, -0.05) is 24.3 Å². The molecule has 0 spiro atoms. The van der Waals surface area contributed by atoms with Crippen LogP contribution in [-0.2, 0) is 9.59 Å². The van der Waals surface area contributed by atoms with Gasteiger partial charge in [0.25, 0.3) is 0 Å². The molecule has 28 heavy (non-hydrogen) atoms. The highest BCUT2D eigenvalue weighted by Gasteiger charge is 2.34. The van der Waals surface area contributed by atoms with Crippen molar-refractivity contribution in [2.24, 2.45) is 11.8 Å². The summed E-state index contributed by atoms with van der Waals surface area (Å²) in [7, 11) is 0. The lowest BCUT2D eigenvalue weighted by molar-refractivity contribution is -0.146. The number of nitrogens with one attached hydrogen (secondary N) is 1. The Kier molecular flexibility index (Phi) is 5.70. The van der Waals surface area contributed by atoms with E-state index in [4.69, 9.17) is 10.00 Å². The number of nitriles is 1. The highest BCUT2D eigenvalue weighted by atomic mass is 19.1. The number of carbonyl (C=O) groups is 2. The second-order valence-electron chi connectivity index (χ2n) is 6.34. The molecule has 0 fully saturated rings. The first-order chi connectivity index (χ1) is 13.5. The fraction of sp³-hybridized carbons (Fsp3) is 0.190. The summed E-state index contributed by atoms with van der Waals surface area (Å²) in [6.45, 7) is 0. The van der Waals surface area contributed by atoms with E-state index in [1.165, 1.54) is 12.1 Å². The number of rotatable bonds is 5. The van der Waals surface area contributed by atoms with Gasteiger partial charge >= 0.3 is 5.97 Å². The third kappa shape index (κ3) is 4.18. The molecule has 6 nitrogen and oxygen atoms in total. The van der Waals surface area contributed by atoms with Gasteiger partial charge in [-0.2, -0.15) is 5.26 Å². The molecule has 0 saturated heterocycles. The van der Waals surface area contributed by atoms with Crippen molar-refractivity contribution in [3.8, 4) is 17.6 Å². The molecule has 2 aromatic rings. The van der Waals surface area contributed by atoms with E-state index in [2.05, 4.69) is 5.32 Å². The van der Waals surface area contributed by atoms with Crippen molar-refractivity contribution in [1.82, 2.24) is 0 Å². The maximum Gasteiger partial charge on any atom is 0.307 e. The summed E-state index contributed by atoms with van der Waals surface area (Å²) in [4.78, 5) is 23.8. The molecule has 2 aromatic carbocycles. The maximum absolute atomic E-state index is 14.4. The number of amides is 1. The van der Waals surface area contributed by atoms with E-state index < -0.39 is 29.5 Å². The quantitative estimate of drug-likeness (QED) is 0.761.